The maximum atomic E-state index is 12.3. The Labute approximate surface area is 125 Å². The summed E-state index contributed by atoms with van der Waals surface area (Å²) in [5.74, 6) is -0.150. The first-order valence-corrected chi connectivity index (χ1v) is 6.99. The van der Waals surface area contributed by atoms with Crippen LogP contribution in [-0.4, -0.2) is 27.8 Å². The predicted molar refractivity (Wildman–Crippen MR) is 83.6 cm³/mol. The van der Waals surface area contributed by atoms with Gasteiger partial charge in [-0.1, -0.05) is 18.2 Å². The molecular formula is C16H22N4O. The lowest BCUT2D eigenvalue weighted by Crippen LogP contribution is -2.48. The number of rotatable bonds is 4. The highest BCUT2D eigenvalue weighted by molar-refractivity contribution is 5.95. The average molecular weight is 286 g/mol. The van der Waals surface area contributed by atoms with Crippen molar-refractivity contribution in [2.75, 3.05) is 6.54 Å². The number of nitrogens with zero attached hydrogens (tertiary/aromatic N) is 2. The largest absolute Gasteiger partial charge is 0.346 e. The number of aromatic nitrogens is 2. The molecule has 0 spiro atoms. The highest BCUT2D eigenvalue weighted by Crippen LogP contribution is 2.18. The normalized spacial score (nSPS) is 11.5. The minimum absolute atomic E-state index is 0.150. The molecular weight excluding hydrogens is 264 g/mol. The summed E-state index contributed by atoms with van der Waals surface area (Å²) in [7, 11) is 0. The van der Waals surface area contributed by atoms with Crippen LogP contribution in [0.3, 0.4) is 0 Å². The molecule has 0 bridgehead atoms. The Morgan fingerprint density at radius 3 is 2.62 bits per heavy atom. The molecule has 0 aliphatic carbocycles. The molecule has 112 valence electrons. The summed E-state index contributed by atoms with van der Waals surface area (Å²) in [6.07, 6.45) is 1.60. The van der Waals surface area contributed by atoms with Gasteiger partial charge in [-0.05, 0) is 39.3 Å². The van der Waals surface area contributed by atoms with Gasteiger partial charge < -0.3 is 11.1 Å². The number of benzene rings is 1. The van der Waals surface area contributed by atoms with Gasteiger partial charge >= 0.3 is 0 Å². The first kappa shape index (κ1) is 15.3. The zero-order valence-corrected chi connectivity index (χ0v) is 13.0. The molecule has 5 heteroatoms. The van der Waals surface area contributed by atoms with Crippen LogP contribution in [0.2, 0.25) is 0 Å². The van der Waals surface area contributed by atoms with Crippen molar-refractivity contribution in [3.63, 3.8) is 0 Å². The van der Waals surface area contributed by atoms with Gasteiger partial charge in [0.05, 0.1) is 23.1 Å². The zero-order chi connectivity index (χ0) is 15.6. The second-order valence-corrected chi connectivity index (χ2v) is 5.88. The van der Waals surface area contributed by atoms with Crippen LogP contribution in [0, 0.1) is 13.8 Å². The Balaban J connectivity index is 2.34. The Kier molecular flexibility index (Phi) is 4.14. The van der Waals surface area contributed by atoms with E-state index < -0.39 is 5.54 Å². The summed E-state index contributed by atoms with van der Waals surface area (Å²) in [6, 6.07) is 7.95. The van der Waals surface area contributed by atoms with E-state index >= 15 is 0 Å². The number of hydrogen-bond donors (Lipinski definition) is 2. The monoisotopic (exact) mass is 286 g/mol. The average Bonchev–Trinajstić information content (AvgIpc) is 2.81. The van der Waals surface area contributed by atoms with E-state index in [1.807, 2.05) is 52.0 Å². The summed E-state index contributed by atoms with van der Waals surface area (Å²) in [6.45, 7) is 8.08. The lowest BCUT2D eigenvalue weighted by molar-refractivity contribution is 0.0915. The summed E-state index contributed by atoms with van der Waals surface area (Å²) in [5, 5.41) is 7.27. The van der Waals surface area contributed by atoms with Crippen LogP contribution in [0.4, 0.5) is 0 Å². The lowest BCUT2D eigenvalue weighted by Gasteiger charge is -2.24. The van der Waals surface area contributed by atoms with Crippen LogP contribution < -0.4 is 11.1 Å². The summed E-state index contributed by atoms with van der Waals surface area (Å²) in [5.41, 5.74) is 8.69. The van der Waals surface area contributed by atoms with Crippen molar-refractivity contribution in [1.82, 2.24) is 15.1 Å². The molecule has 2 aromatic rings. The smallest absolute Gasteiger partial charge is 0.255 e. The van der Waals surface area contributed by atoms with Crippen LogP contribution in [-0.2, 0) is 0 Å². The van der Waals surface area contributed by atoms with Crippen LogP contribution in [0.25, 0.3) is 5.69 Å². The number of para-hydroxylation sites is 1. The Hall–Kier alpha value is -2.14. The number of carbonyl (C=O) groups is 1. The van der Waals surface area contributed by atoms with E-state index in [0.717, 1.165) is 16.9 Å². The molecule has 0 aliphatic heterocycles. The van der Waals surface area contributed by atoms with Gasteiger partial charge in [0.1, 0.15) is 0 Å². The van der Waals surface area contributed by atoms with E-state index in [4.69, 9.17) is 5.73 Å². The van der Waals surface area contributed by atoms with Crippen LogP contribution >= 0.6 is 0 Å². The molecule has 1 heterocycles. The highest BCUT2D eigenvalue weighted by Gasteiger charge is 2.22. The number of nitrogens with two attached hydrogens (primary N) is 1. The first-order valence-electron chi connectivity index (χ1n) is 6.99. The van der Waals surface area contributed by atoms with Crippen LogP contribution in [0.5, 0.6) is 0 Å². The van der Waals surface area contributed by atoms with E-state index in [-0.39, 0.29) is 5.91 Å². The molecule has 0 atom stereocenters. The van der Waals surface area contributed by atoms with E-state index in [0.29, 0.717) is 12.1 Å². The number of nitrogens with one attached hydrogen (secondary N) is 1. The molecule has 0 saturated heterocycles. The molecule has 0 saturated carbocycles. The van der Waals surface area contributed by atoms with Crippen LogP contribution in [0.15, 0.2) is 30.5 Å². The van der Waals surface area contributed by atoms with Gasteiger partial charge in [0.15, 0.2) is 0 Å². The SMILES string of the molecule is Cc1ccccc1-n1ncc(C(=O)NC(C)(C)CN)c1C. The van der Waals surface area contributed by atoms with Gasteiger partial charge in [-0.15, -0.1) is 0 Å². The predicted octanol–water partition coefficient (Wildman–Crippen LogP) is 1.96. The van der Waals surface area contributed by atoms with Crippen LogP contribution in [0.1, 0.15) is 35.5 Å². The van der Waals surface area contributed by atoms with Crippen molar-refractivity contribution in [1.29, 1.82) is 0 Å². The van der Waals surface area contributed by atoms with E-state index in [1.54, 1.807) is 10.9 Å². The molecule has 1 amide bonds. The van der Waals surface area contributed by atoms with Crippen molar-refractivity contribution >= 4 is 5.91 Å². The maximum Gasteiger partial charge on any atom is 0.255 e. The first-order chi connectivity index (χ1) is 9.85. The molecule has 0 unspecified atom stereocenters. The Morgan fingerprint density at radius 2 is 2.00 bits per heavy atom. The van der Waals surface area contributed by atoms with Gasteiger partial charge in [-0.25, -0.2) is 4.68 Å². The van der Waals surface area contributed by atoms with Crippen molar-refractivity contribution in [2.45, 2.75) is 33.2 Å². The molecule has 3 N–H and O–H groups in total. The van der Waals surface area contributed by atoms with Gasteiger partial charge in [-0.3, -0.25) is 4.79 Å². The minimum Gasteiger partial charge on any atom is -0.346 e. The molecule has 21 heavy (non-hydrogen) atoms. The van der Waals surface area contributed by atoms with Crippen molar-refractivity contribution < 1.29 is 4.79 Å². The molecule has 0 aliphatic rings. The molecule has 0 radical (unpaired) electrons. The fourth-order valence-corrected chi connectivity index (χ4v) is 2.10. The number of carbonyl (C=O) groups excluding carboxylic acids is 1. The third-order valence-electron chi connectivity index (χ3n) is 3.56. The molecule has 2 rings (SSSR count). The Bertz CT molecular complexity index is 658. The third kappa shape index (κ3) is 3.13. The quantitative estimate of drug-likeness (QED) is 0.902. The Morgan fingerprint density at radius 1 is 1.33 bits per heavy atom. The minimum atomic E-state index is -0.436. The van der Waals surface area contributed by atoms with Gasteiger partial charge in [0, 0.05) is 12.1 Å². The van der Waals surface area contributed by atoms with Gasteiger partial charge in [0.25, 0.3) is 5.91 Å². The zero-order valence-electron chi connectivity index (χ0n) is 13.0. The number of aryl methyl sites for hydroxylation is 1. The van der Waals surface area contributed by atoms with E-state index in [1.165, 1.54) is 0 Å². The number of hydrogen-bond acceptors (Lipinski definition) is 3. The van der Waals surface area contributed by atoms with Gasteiger partial charge in [-0.2, -0.15) is 5.10 Å². The second-order valence-electron chi connectivity index (χ2n) is 5.88. The topological polar surface area (TPSA) is 72.9 Å². The van der Waals surface area contributed by atoms with Crippen molar-refractivity contribution in [3.8, 4) is 5.69 Å². The van der Waals surface area contributed by atoms with Crippen molar-refractivity contribution in [2.24, 2.45) is 5.73 Å². The highest BCUT2D eigenvalue weighted by atomic mass is 16.1. The fraction of sp³-hybridized carbons (Fsp3) is 0.375. The maximum absolute atomic E-state index is 12.3. The molecule has 1 aromatic carbocycles. The summed E-state index contributed by atoms with van der Waals surface area (Å²) in [4.78, 5) is 12.3. The van der Waals surface area contributed by atoms with Crippen molar-refractivity contribution in [3.05, 3.63) is 47.3 Å². The van der Waals surface area contributed by atoms with E-state index in [9.17, 15) is 4.79 Å². The lowest BCUT2D eigenvalue weighted by atomic mass is 10.1. The molecule has 5 nitrogen and oxygen atoms in total. The van der Waals surface area contributed by atoms with E-state index in [2.05, 4.69) is 10.4 Å². The summed E-state index contributed by atoms with van der Waals surface area (Å²) >= 11 is 0. The standard InChI is InChI=1S/C16H22N4O/c1-11-7-5-6-8-14(11)20-12(2)13(9-18-20)15(21)19-16(3,4)10-17/h5-9H,10,17H2,1-4H3,(H,19,21). The number of amides is 1. The molecule has 1 aromatic heterocycles. The summed E-state index contributed by atoms with van der Waals surface area (Å²) < 4.78 is 1.79. The van der Waals surface area contributed by atoms with Gasteiger partial charge in [0.2, 0.25) is 0 Å². The fourth-order valence-electron chi connectivity index (χ4n) is 2.10. The molecule has 0 fully saturated rings. The second kappa shape index (κ2) is 5.69. The third-order valence-corrected chi connectivity index (χ3v) is 3.56.